The maximum atomic E-state index is 9.97. The van der Waals surface area contributed by atoms with Crippen LogP contribution in [0.25, 0.3) is 6.08 Å². The Morgan fingerprint density at radius 1 is 1.06 bits per heavy atom. The van der Waals surface area contributed by atoms with Crippen LogP contribution in [0.2, 0.25) is 10.0 Å². The number of benzene rings is 3. The van der Waals surface area contributed by atoms with E-state index >= 15 is 0 Å². The summed E-state index contributed by atoms with van der Waals surface area (Å²) in [5.74, 6) is 1.16. The summed E-state index contributed by atoms with van der Waals surface area (Å²) in [4.78, 5) is 1.86. The molecular weight excluding hydrogens is 457 g/mol. The monoisotopic (exact) mass is 479 g/mol. The Bertz CT molecular complexity index is 1250. The lowest BCUT2D eigenvalue weighted by Crippen LogP contribution is -2.23. The van der Waals surface area contributed by atoms with Crippen LogP contribution in [0, 0.1) is 11.3 Å². The third-order valence-electron chi connectivity index (χ3n) is 5.05. The van der Waals surface area contributed by atoms with Gasteiger partial charge in [-0.3, -0.25) is 0 Å². The molecule has 0 aliphatic rings. The quantitative estimate of drug-likeness (QED) is 0.220. The van der Waals surface area contributed by atoms with Crippen LogP contribution in [-0.2, 0) is 6.54 Å². The topological polar surface area (TPSA) is 71.5 Å². The number of methoxy groups -OCH3 is 2. The number of halogens is 2. The van der Waals surface area contributed by atoms with Gasteiger partial charge >= 0.3 is 0 Å². The molecule has 3 aromatic rings. The summed E-state index contributed by atoms with van der Waals surface area (Å²) in [7, 11) is 3.13. The molecule has 0 fully saturated rings. The van der Waals surface area contributed by atoms with Gasteiger partial charge in [-0.2, -0.15) is 5.26 Å². The number of nitriles is 1. The van der Waals surface area contributed by atoms with Crippen molar-refractivity contribution in [2.75, 3.05) is 24.9 Å². The van der Waals surface area contributed by atoms with Gasteiger partial charge in [0.15, 0.2) is 11.5 Å². The van der Waals surface area contributed by atoms with Gasteiger partial charge in [0, 0.05) is 16.6 Å². The summed E-state index contributed by atoms with van der Waals surface area (Å²) < 4.78 is 10.7. The Labute approximate surface area is 203 Å². The number of nitrogens with zero attached hydrogens (tertiary/aromatic N) is 2. The Balaban J connectivity index is 2.05. The molecule has 0 unspecified atom stereocenters. The number of nitrogen functional groups attached to an aromatic ring is 1. The first-order valence-electron chi connectivity index (χ1n) is 9.97. The van der Waals surface area contributed by atoms with E-state index in [1.807, 2.05) is 35.2 Å². The zero-order valence-electron chi connectivity index (χ0n) is 18.3. The van der Waals surface area contributed by atoms with Gasteiger partial charge < -0.3 is 20.1 Å². The highest BCUT2D eigenvalue weighted by Gasteiger charge is 2.19. The van der Waals surface area contributed by atoms with E-state index < -0.39 is 0 Å². The number of anilines is 2. The molecule has 0 spiro atoms. The van der Waals surface area contributed by atoms with Gasteiger partial charge in [0.2, 0.25) is 0 Å². The molecule has 3 aromatic carbocycles. The van der Waals surface area contributed by atoms with E-state index in [0.717, 1.165) is 11.1 Å². The molecule has 0 aromatic heterocycles. The van der Waals surface area contributed by atoms with Crippen LogP contribution >= 0.6 is 23.2 Å². The zero-order valence-corrected chi connectivity index (χ0v) is 19.8. The summed E-state index contributed by atoms with van der Waals surface area (Å²) in [6.07, 6.45) is 1.74. The molecule has 2 N–H and O–H groups in total. The maximum absolute atomic E-state index is 9.97. The molecule has 7 heteroatoms. The van der Waals surface area contributed by atoms with E-state index in [1.165, 1.54) is 0 Å². The van der Waals surface area contributed by atoms with Gasteiger partial charge in [0.1, 0.15) is 6.07 Å². The van der Waals surface area contributed by atoms with Crippen molar-refractivity contribution in [1.82, 2.24) is 0 Å². The fourth-order valence-electron chi connectivity index (χ4n) is 3.31. The average Bonchev–Trinajstić information content (AvgIpc) is 2.82. The molecule has 3 rings (SSSR count). The van der Waals surface area contributed by atoms with Gasteiger partial charge in [-0.1, -0.05) is 54.0 Å². The minimum Gasteiger partial charge on any atom is -0.493 e. The van der Waals surface area contributed by atoms with Crippen molar-refractivity contribution in [1.29, 1.82) is 5.26 Å². The Morgan fingerprint density at radius 3 is 2.42 bits per heavy atom. The average molecular weight is 480 g/mol. The molecule has 0 atom stereocenters. The predicted molar refractivity (Wildman–Crippen MR) is 136 cm³/mol. The van der Waals surface area contributed by atoms with E-state index in [1.54, 1.807) is 50.6 Å². The highest BCUT2D eigenvalue weighted by atomic mass is 35.5. The van der Waals surface area contributed by atoms with Gasteiger partial charge in [-0.15, -0.1) is 0 Å². The number of nitrogens with two attached hydrogens (primary N) is 1. The molecular formula is C26H23Cl2N3O2. The van der Waals surface area contributed by atoms with E-state index in [9.17, 15) is 5.26 Å². The zero-order chi connectivity index (χ0) is 24.0. The lowest BCUT2D eigenvalue weighted by molar-refractivity contribution is 0.355. The van der Waals surface area contributed by atoms with Crippen LogP contribution in [0.5, 0.6) is 11.5 Å². The summed E-state index contributed by atoms with van der Waals surface area (Å²) in [6, 6.07) is 20.3. The lowest BCUT2D eigenvalue weighted by Gasteiger charge is -2.28. The fraction of sp³-hybridized carbons (Fsp3) is 0.115. The molecule has 33 heavy (non-hydrogen) atoms. The third-order valence-corrected chi connectivity index (χ3v) is 5.63. The van der Waals surface area contributed by atoms with Crippen molar-refractivity contribution in [3.63, 3.8) is 0 Å². The minimum absolute atomic E-state index is 0.341. The Morgan fingerprint density at radius 2 is 1.79 bits per heavy atom. The van der Waals surface area contributed by atoms with Crippen LogP contribution in [0.15, 0.2) is 78.5 Å². The van der Waals surface area contributed by atoms with Gasteiger partial charge in [0.25, 0.3) is 0 Å². The minimum atomic E-state index is 0.341. The molecule has 0 amide bonds. The van der Waals surface area contributed by atoms with Crippen LogP contribution in [0.1, 0.15) is 11.1 Å². The highest BCUT2D eigenvalue weighted by molar-refractivity contribution is 6.35. The number of rotatable bonds is 8. The maximum Gasteiger partial charge on any atom is 0.161 e. The van der Waals surface area contributed by atoms with Crippen molar-refractivity contribution in [2.24, 2.45) is 0 Å². The van der Waals surface area contributed by atoms with Gasteiger partial charge in [-0.25, -0.2) is 0 Å². The number of hydrogen-bond donors (Lipinski definition) is 1. The van der Waals surface area contributed by atoms with E-state index in [-0.39, 0.29) is 0 Å². The number of hydrogen-bond acceptors (Lipinski definition) is 5. The molecule has 0 aliphatic heterocycles. The van der Waals surface area contributed by atoms with Crippen LogP contribution in [0.3, 0.4) is 0 Å². The van der Waals surface area contributed by atoms with Crippen molar-refractivity contribution in [3.8, 4) is 17.6 Å². The molecule has 168 valence electrons. The normalized spacial score (nSPS) is 10.9. The third kappa shape index (κ3) is 5.61. The molecule has 0 heterocycles. The first kappa shape index (κ1) is 24.1. The van der Waals surface area contributed by atoms with Gasteiger partial charge in [-0.05, 0) is 53.6 Å². The fourth-order valence-corrected chi connectivity index (χ4v) is 3.78. The van der Waals surface area contributed by atoms with Gasteiger partial charge in [0.05, 0.1) is 36.9 Å². The molecule has 0 radical (unpaired) electrons. The summed E-state index contributed by atoms with van der Waals surface area (Å²) in [5.41, 5.74) is 9.93. The second-order valence-electron chi connectivity index (χ2n) is 7.11. The van der Waals surface area contributed by atoms with Crippen LogP contribution < -0.4 is 20.1 Å². The highest BCUT2D eigenvalue weighted by Crippen LogP contribution is 2.34. The van der Waals surface area contributed by atoms with Crippen molar-refractivity contribution >= 4 is 40.7 Å². The lowest BCUT2D eigenvalue weighted by atomic mass is 10.1. The first-order chi connectivity index (χ1) is 15.9. The summed E-state index contributed by atoms with van der Waals surface area (Å²) >= 11 is 12.5. The molecule has 0 saturated carbocycles. The van der Waals surface area contributed by atoms with E-state index in [0.29, 0.717) is 50.7 Å². The number of allylic oxidation sites excluding steroid dienone is 1. The first-order valence-corrected chi connectivity index (χ1v) is 10.7. The van der Waals surface area contributed by atoms with Crippen LogP contribution in [0.4, 0.5) is 11.4 Å². The SMILES string of the molecule is C=C(/C(C#N)=C/c1ccc(OC)c(OC)c1)N(Cc1ccc(Cl)cc1Cl)c1ccccc1N. The van der Waals surface area contributed by atoms with Crippen molar-refractivity contribution in [2.45, 2.75) is 6.54 Å². The smallest absolute Gasteiger partial charge is 0.161 e. The molecule has 5 nitrogen and oxygen atoms in total. The second-order valence-corrected chi connectivity index (χ2v) is 7.96. The van der Waals surface area contributed by atoms with Crippen molar-refractivity contribution in [3.05, 3.63) is 99.7 Å². The Hall–Kier alpha value is -3.59. The largest absolute Gasteiger partial charge is 0.493 e. The summed E-state index contributed by atoms with van der Waals surface area (Å²) in [5, 5.41) is 11.0. The summed E-state index contributed by atoms with van der Waals surface area (Å²) in [6.45, 7) is 4.56. The second kappa shape index (κ2) is 10.8. The predicted octanol–water partition coefficient (Wildman–Crippen LogP) is 6.72. The van der Waals surface area contributed by atoms with E-state index in [2.05, 4.69) is 12.6 Å². The number of ether oxygens (including phenoxy) is 2. The molecule has 0 aliphatic carbocycles. The number of para-hydroxylation sites is 2. The van der Waals surface area contributed by atoms with Crippen LogP contribution in [-0.4, -0.2) is 14.2 Å². The van der Waals surface area contributed by atoms with Crippen molar-refractivity contribution < 1.29 is 9.47 Å². The standard InChI is InChI=1S/C26H23Cl2N3O2/c1-17(20(15-29)12-18-8-11-25(32-2)26(13-18)33-3)31(24-7-5-4-6-23(24)30)16-19-9-10-21(27)14-22(19)28/h4-14H,1,16,30H2,2-3H3/b20-12+. The molecule has 0 saturated heterocycles. The molecule has 0 bridgehead atoms. The van der Waals surface area contributed by atoms with E-state index in [4.69, 9.17) is 38.4 Å². The Kier molecular flexibility index (Phi) is 7.89.